The molecule has 2 heterocycles. The number of nitrogens with two attached hydrogens (primary N) is 1. The van der Waals surface area contributed by atoms with Crippen LogP contribution in [0.2, 0.25) is 10.4 Å². The van der Waals surface area contributed by atoms with Crippen LogP contribution in [0.3, 0.4) is 0 Å². The number of carbonyl (C=O) groups is 2. The van der Waals surface area contributed by atoms with Gasteiger partial charge in [0.15, 0.2) is 11.3 Å². The van der Waals surface area contributed by atoms with Gasteiger partial charge in [-0.05, 0) is 35.2 Å². The van der Waals surface area contributed by atoms with E-state index in [1.807, 2.05) is 30.3 Å². The molecule has 9 heteroatoms. The zero-order valence-electron chi connectivity index (χ0n) is 15.4. The lowest BCUT2D eigenvalue weighted by atomic mass is 9.99. The first-order valence-electron chi connectivity index (χ1n) is 8.69. The van der Waals surface area contributed by atoms with Gasteiger partial charge in [0.2, 0.25) is 11.1 Å². The first-order valence-corrected chi connectivity index (χ1v) is 9.45. The molecule has 0 saturated heterocycles. The summed E-state index contributed by atoms with van der Waals surface area (Å²) in [5, 5.41) is 13.1. The molecule has 7 nitrogen and oxygen atoms in total. The molecule has 29 heavy (non-hydrogen) atoms. The number of halogens is 2. The van der Waals surface area contributed by atoms with E-state index < -0.39 is 24.0 Å². The lowest BCUT2D eigenvalue weighted by Gasteiger charge is -2.22. The molecular formula is C20H19Cl2N3O4. The van der Waals surface area contributed by atoms with E-state index in [2.05, 4.69) is 5.32 Å². The van der Waals surface area contributed by atoms with Gasteiger partial charge in [0, 0.05) is 36.6 Å². The van der Waals surface area contributed by atoms with Crippen LogP contribution >= 0.6 is 23.2 Å². The molecule has 2 unspecified atom stereocenters. The van der Waals surface area contributed by atoms with E-state index in [4.69, 9.17) is 33.4 Å². The van der Waals surface area contributed by atoms with Crippen LogP contribution in [0.4, 0.5) is 0 Å². The number of aryl methyl sites for hydroxylation is 1. The van der Waals surface area contributed by atoms with Gasteiger partial charge in [-0.2, -0.15) is 0 Å². The van der Waals surface area contributed by atoms with Gasteiger partial charge in [-0.1, -0.05) is 30.3 Å². The summed E-state index contributed by atoms with van der Waals surface area (Å²) < 4.78 is 6.81. The minimum Gasteiger partial charge on any atom is -0.433 e. The summed E-state index contributed by atoms with van der Waals surface area (Å²) in [7, 11) is 1.75. The van der Waals surface area contributed by atoms with Crippen LogP contribution in [-0.4, -0.2) is 33.6 Å². The Bertz CT molecular complexity index is 1030. The van der Waals surface area contributed by atoms with E-state index in [0.717, 1.165) is 5.56 Å². The molecule has 0 spiro atoms. The largest absolute Gasteiger partial charge is 0.433 e. The van der Waals surface area contributed by atoms with Crippen molar-refractivity contribution < 1.29 is 19.1 Å². The number of nitrogens with one attached hydrogen (secondary N) is 1. The van der Waals surface area contributed by atoms with Crippen LogP contribution in [0.25, 0.3) is 11.1 Å². The highest BCUT2D eigenvalue weighted by Gasteiger charge is 2.28. The highest BCUT2D eigenvalue weighted by molar-refractivity contribution is 6.34. The molecule has 0 radical (unpaired) electrons. The van der Waals surface area contributed by atoms with Crippen LogP contribution in [-0.2, 0) is 18.3 Å². The Morgan fingerprint density at radius 2 is 1.90 bits per heavy atom. The van der Waals surface area contributed by atoms with Gasteiger partial charge in [-0.15, -0.1) is 0 Å². The number of hydrogen-bond donors (Lipinski definition) is 3. The van der Waals surface area contributed by atoms with Crippen molar-refractivity contribution in [3.63, 3.8) is 0 Å². The number of aliphatic hydroxyl groups is 1. The molecule has 4 N–H and O–H groups in total. The number of amides is 2. The molecule has 2 atom stereocenters. The van der Waals surface area contributed by atoms with Crippen LogP contribution < -0.4 is 11.1 Å². The van der Waals surface area contributed by atoms with Crippen molar-refractivity contribution in [2.24, 2.45) is 12.8 Å². The second-order valence-electron chi connectivity index (χ2n) is 6.61. The van der Waals surface area contributed by atoms with Crippen molar-refractivity contribution in [1.29, 1.82) is 0 Å². The molecule has 2 aromatic heterocycles. The topological polar surface area (TPSA) is 110 Å². The van der Waals surface area contributed by atoms with Crippen LogP contribution in [0, 0.1) is 0 Å². The Labute approximate surface area is 177 Å². The van der Waals surface area contributed by atoms with E-state index in [-0.39, 0.29) is 22.4 Å². The Kier molecular flexibility index (Phi) is 6.32. The van der Waals surface area contributed by atoms with Crippen molar-refractivity contribution in [1.82, 2.24) is 9.88 Å². The molecule has 152 valence electrons. The van der Waals surface area contributed by atoms with E-state index >= 15 is 0 Å². The predicted molar refractivity (Wildman–Crippen MR) is 110 cm³/mol. The third kappa shape index (κ3) is 4.82. The zero-order chi connectivity index (χ0) is 21.1. The molecule has 2 amide bonds. The molecule has 0 aliphatic rings. The Balaban J connectivity index is 1.90. The number of hydrogen-bond acceptors (Lipinski definition) is 4. The fraction of sp³-hybridized carbons (Fsp3) is 0.200. The summed E-state index contributed by atoms with van der Waals surface area (Å²) >= 11 is 11.9. The number of aliphatic hydroxyl groups excluding tert-OH is 1. The van der Waals surface area contributed by atoms with Gasteiger partial charge in [0.25, 0.3) is 5.91 Å². The maximum absolute atomic E-state index is 13.0. The normalized spacial score (nSPS) is 13.1. The summed E-state index contributed by atoms with van der Waals surface area (Å²) in [6.45, 7) is 0. The first-order chi connectivity index (χ1) is 13.8. The van der Waals surface area contributed by atoms with E-state index in [0.29, 0.717) is 11.1 Å². The molecule has 3 aromatic rings. The monoisotopic (exact) mass is 435 g/mol. The standard InChI is InChI=1S/C20H19Cl2N3O4/c1-25-9-13(12-8-16(21)29-18(12)22)14(10-25)20(28)24-15(17(26)19(23)27)7-11-5-3-2-4-6-11/h2-6,8-10,15,17,26H,7H2,1H3,(H2,23,27)(H,24,28). The van der Waals surface area contributed by atoms with Crippen molar-refractivity contribution in [3.05, 3.63) is 70.4 Å². The van der Waals surface area contributed by atoms with E-state index in [1.165, 1.54) is 6.07 Å². The molecule has 0 fully saturated rings. The lowest BCUT2D eigenvalue weighted by Crippen LogP contribution is -2.50. The summed E-state index contributed by atoms with van der Waals surface area (Å²) in [5.74, 6) is -1.43. The molecule has 1 aromatic carbocycles. The molecule has 3 rings (SSSR count). The Hall–Kier alpha value is -2.74. The van der Waals surface area contributed by atoms with Gasteiger partial charge >= 0.3 is 0 Å². The number of nitrogens with zero attached hydrogens (tertiary/aromatic N) is 1. The first kappa shape index (κ1) is 21.0. The molecule has 0 saturated carbocycles. The number of aromatic nitrogens is 1. The minimum absolute atomic E-state index is 0.0493. The van der Waals surface area contributed by atoms with Crippen molar-refractivity contribution in [3.8, 4) is 11.1 Å². The fourth-order valence-electron chi connectivity index (χ4n) is 3.06. The smallest absolute Gasteiger partial charge is 0.253 e. The Morgan fingerprint density at radius 1 is 1.21 bits per heavy atom. The average molecular weight is 436 g/mol. The van der Waals surface area contributed by atoms with Crippen LogP contribution in [0.5, 0.6) is 0 Å². The van der Waals surface area contributed by atoms with Crippen molar-refractivity contribution in [2.45, 2.75) is 18.6 Å². The summed E-state index contributed by atoms with van der Waals surface area (Å²) in [5.41, 5.74) is 7.33. The van der Waals surface area contributed by atoms with E-state index in [9.17, 15) is 14.7 Å². The number of carbonyl (C=O) groups excluding carboxylic acids is 2. The quantitative estimate of drug-likeness (QED) is 0.529. The highest BCUT2D eigenvalue weighted by Crippen LogP contribution is 2.35. The number of benzene rings is 1. The zero-order valence-corrected chi connectivity index (χ0v) is 16.9. The van der Waals surface area contributed by atoms with Crippen molar-refractivity contribution in [2.75, 3.05) is 0 Å². The average Bonchev–Trinajstić information content (AvgIpc) is 3.22. The van der Waals surface area contributed by atoms with Crippen molar-refractivity contribution >= 4 is 35.0 Å². The van der Waals surface area contributed by atoms with Gasteiger partial charge < -0.3 is 25.1 Å². The van der Waals surface area contributed by atoms with Crippen LogP contribution in [0.15, 0.2) is 53.2 Å². The maximum Gasteiger partial charge on any atom is 0.253 e. The number of furan rings is 1. The minimum atomic E-state index is -1.56. The second-order valence-corrected chi connectivity index (χ2v) is 7.32. The van der Waals surface area contributed by atoms with Gasteiger partial charge in [0.05, 0.1) is 11.6 Å². The predicted octanol–water partition coefficient (Wildman–Crippen LogP) is 2.78. The number of rotatable bonds is 7. The summed E-state index contributed by atoms with van der Waals surface area (Å²) in [6, 6.07) is 9.74. The van der Waals surface area contributed by atoms with Crippen LogP contribution in [0.1, 0.15) is 15.9 Å². The highest BCUT2D eigenvalue weighted by atomic mass is 35.5. The molecule has 0 aliphatic carbocycles. The third-order valence-corrected chi connectivity index (χ3v) is 4.90. The fourth-order valence-corrected chi connectivity index (χ4v) is 3.52. The van der Waals surface area contributed by atoms with Gasteiger partial charge in [-0.25, -0.2) is 0 Å². The van der Waals surface area contributed by atoms with Gasteiger partial charge in [0.1, 0.15) is 0 Å². The SMILES string of the molecule is Cn1cc(C(=O)NC(Cc2ccccc2)C(O)C(N)=O)c(-c2cc(Cl)oc2Cl)c1. The second kappa shape index (κ2) is 8.73. The maximum atomic E-state index is 13.0. The number of primary amides is 1. The summed E-state index contributed by atoms with van der Waals surface area (Å²) in [4.78, 5) is 24.6. The summed E-state index contributed by atoms with van der Waals surface area (Å²) in [6.07, 6.45) is 1.95. The molecule has 0 bridgehead atoms. The third-order valence-electron chi connectivity index (χ3n) is 4.43. The molecule has 0 aliphatic heterocycles. The molecular weight excluding hydrogens is 417 g/mol. The van der Waals surface area contributed by atoms with E-state index in [1.54, 1.807) is 24.0 Å². The lowest BCUT2D eigenvalue weighted by molar-refractivity contribution is -0.127. The Morgan fingerprint density at radius 3 is 2.48 bits per heavy atom. The van der Waals surface area contributed by atoms with Gasteiger partial charge in [-0.3, -0.25) is 9.59 Å².